The fraction of sp³-hybridized carbons (Fsp3) is 0.231. The molecule has 1 unspecified atom stereocenters. The first-order chi connectivity index (χ1) is 16.0. The predicted molar refractivity (Wildman–Crippen MR) is 124 cm³/mol. The van der Waals surface area contributed by atoms with E-state index in [2.05, 4.69) is 32.3 Å². The molecule has 1 fully saturated rings. The minimum Gasteiger partial charge on any atom is -0.365 e. The van der Waals surface area contributed by atoms with E-state index in [4.69, 9.17) is 0 Å². The molecule has 2 heterocycles. The first-order valence-corrected chi connectivity index (χ1v) is 10.9. The van der Waals surface area contributed by atoms with Gasteiger partial charge in [-0.05, 0) is 30.2 Å². The van der Waals surface area contributed by atoms with Gasteiger partial charge in [-0.15, -0.1) is 0 Å². The highest BCUT2D eigenvalue weighted by Crippen LogP contribution is 2.37. The number of hydrogen-bond donors (Lipinski definition) is 1. The molecule has 1 aliphatic rings. The summed E-state index contributed by atoms with van der Waals surface area (Å²) in [4.78, 5) is 11.4. The summed E-state index contributed by atoms with van der Waals surface area (Å²) in [7, 11) is 0. The maximum Gasteiger partial charge on any atom is 0.417 e. The molecule has 1 N–H and O–H groups in total. The molecular weight excluding hydrogens is 425 g/mol. The van der Waals surface area contributed by atoms with Gasteiger partial charge in [0.1, 0.15) is 5.82 Å². The molecule has 0 aliphatic carbocycles. The van der Waals surface area contributed by atoms with Gasteiger partial charge in [0.15, 0.2) is 5.82 Å². The highest BCUT2D eigenvalue weighted by molar-refractivity contribution is 5.90. The van der Waals surface area contributed by atoms with Gasteiger partial charge in [-0.1, -0.05) is 60.7 Å². The Morgan fingerprint density at radius 1 is 0.879 bits per heavy atom. The molecule has 1 aromatic heterocycles. The van der Waals surface area contributed by atoms with Crippen molar-refractivity contribution in [1.29, 1.82) is 0 Å². The molecule has 0 amide bonds. The number of alkyl halides is 3. The molecule has 7 heteroatoms. The monoisotopic (exact) mass is 448 g/mol. The molecular formula is C26H23F3N4. The SMILES string of the molecule is FC(F)(F)c1ccccc1-c1nc(NC2CCN(Cc3ccccc3)C2)c2ccccc2n1. The smallest absolute Gasteiger partial charge is 0.365 e. The Hall–Kier alpha value is -3.45. The zero-order chi connectivity index (χ0) is 22.8. The Morgan fingerprint density at radius 2 is 1.61 bits per heavy atom. The molecule has 0 spiro atoms. The van der Waals surface area contributed by atoms with Crippen molar-refractivity contribution in [3.63, 3.8) is 0 Å². The van der Waals surface area contributed by atoms with Gasteiger partial charge in [-0.2, -0.15) is 13.2 Å². The summed E-state index contributed by atoms with van der Waals surface area (Å²) in [5, 5.41) is 4.29. The lowest BCUT2D eigenvalue weighted by molar-refractivity contribution is -0.137. The summed E-state index contributed by atoms with van der Waals surface area (Å²) in [6.45, 7) is 2.65. The summed E-state index contributed by atoms with van der Waals surface area (Å²) in [5.41, 5.74) is 1.12. The number of benzene rings is 3. The Morgan fingerprint density at radius 3 is 2.42 bits per heavy atom. The average molecular weight is 448 g/mol. The van der Waals surface area contributed by atoms with Crippen LogP contribution in [0.3, 0.4) is 0 Å². The van der Waals surface area contributed by atoms with Crippen molar-refractivity contribution >= 4 is 16.7 Å². The highest BCUT2D eigenvalue weighted by Gasteiger charge is 2.34. The van der Waals surface area contributed by atoms with Crippen LogP contribution in [0.25, 0.3) is 22.3 Å². The molecule has 33 heavy (non-hydrogen) atoms. The Balaban J connectivity index is 1.45. The number of para-hydroxylation sites is 1. The normalized spacial score (nSPS) is 16.9. The maximum atomic E-state index is 13.6. The Labute approximate surface area is 190 Å². The van der Waals surface area contributed by atoms with Crippen molar-refractivity contribution in [3.05, 3.63) is 90.0 Å². The fourth-order valence-electron chi connectivity index (χ4n) is 4.36. The van der Waals surface area contributed by atoms with Gasteiger partial charge < -0.3 is 5.32 Å². The van der Waals surface area contributed by atoms with Crippen LogP contribution >= 0.6 is 0 Å². The molecule has 1 atom stereocenters. The van der Waals surface area contributed by atoms with Crippen molar-refractivity contribution in [2.24, 2.45) is 0 Å². The van der Waals surface area contributed by atoms with E-state index in [1.54, 1.807) is 12.1 Å². The predicted octanol–water partition coefficient (Wildman–Crippen LogP) is 6.00. The van der Waals surface area contributed by atoms with Crippen molar-refractivity contribution < 1.29 is 13.2 Å². The minimum absolute atomic E-state index is 0.0177. The van der Waals surface area contributed by atoms with Crippen LogP contribution in [0.2, 0.25) is 0 Å². The summed E-state index contributed by atoms with van der Waals surface area (Å²) in [6.07, 6.45) is -3.55. The van der Waals surface area contributed by atoms with Crippen molar-refractivity contribution in [2.45, 2.75) is 25.2 Å². The molecule has 0 radical (unpaired) electrons. The maximum absolute atomic E-state index is 13.6. The Bertz CT molecular complexity index is 1260. The van der Waals surface area contributed by atoms with Gasteiger partial charge >= 0.3 is 6.18 Å². The number of anilines is 1. The third-order valence-corrected chi connectivity index (χ3v) is 5.94. The van der Waals surface area contributed by atoms with Gasteiger partial charge in [-0.25, -0.2) is 9.97 Å². The van der Waals surface area contributed by atoms with E-state index in [0.29, 0.717) is 11.3 Å². The number of halogens is 3. The minimum atomic E-state index is -4.48. The number of likely N-dealkylation sites (tertiary alicyclic amines) is 1. The number of hydrogen-bond acceptors (Lipinski definition) is 4. The van der Waals surface area contributed by atoms with Crippen LogP contribution < -0.4 is 5.32 Å². The van der Waals surface area contributed by atoms with Gasteiger partial charge in [0.2, 0.25) is 0 Å². The lowest BCUT2D eigenvalue weighted by Crippen LogP contribution is -2.26. The topological polar surface area (TPSA) is 41.1 Å². The molecule has 168 valence electrons. The summed E-state index contributed by atoms with van der Waals surface area (Å²) in [6, 6.07) is 23.3. The molecule has 1 aliphatic heterocycles. The van der Waals surface area contributed by atoms with Crippen LogP contribution in [0, 0.1) is 0 Å². The number of nitrogens with zero attached hydrogens (tertiary/aromatic N) is 3. The van der Waals surface area contributed by atoms with E-state index in [1.165, 1.54) is 17.7 Å². The quantitative estimate of drug-likeness (QED) is 0.406. The van der Waals surface area contributed by atoms with E-state index in [1.807, 2.05) is 36.4 Å². The second kappa shape index (κ2) is 8.83. The van der Waals surface area contributed by atoms with Crippen LogP contribution in [0.1, 0.15) is 17.5 Å². The number of aromatic nitrogens is 2. The van der Waals surface area contributed by atoms with Crippen LogP contribution in [-0.4, -0.2) is 34.0 Å². The first kappa shape index (κ1) is 21.4. The number of nitrogens with one attached hydrogen (secondary N) is 1. The second-order valence-electron chi connectivity index (χ2n) is 8.31. The Kier molecular flexibility index (Phi) is 5.72. The molecule has 4 nitrogen and oxygen atoms in total. The van der Waals surface area contributed by atoms with Crippen LogP contribution in [0.5, 0.6) is 0 Å². The van der Waals surface area contributed by atoms with E-state index < -0.39 is 11.7 Å². The highest BCUT2D eigenvalue weighted by atomic mass is 19.4. The lowest BCUT2D eigenvalue weighted by atomic mass is 10.1. The zero-order valence-electron chi connectivity index (χ0n) is 17.9. The van der Waals surface area contributed by atoms with E-state index in [-0.39, 0.29) is 17.4 Å². The standard InChI is InChI=1S/C26H23F3N4/c27-26(28,29)22-12-6-4-10-20(22)24-31-23-13-7-5-11-21(23)25(32-24)30-19-14-15-33(17-19)16-18-8-2-1-3-9-18/h1-13,19H,14-17H2,(H,30,31,32). The number of fused-ring (bicyclic) bond motifs is 1. The number of rotatable bonds is 5. The van der Waals surface area contributed by atoms with Crippen molar-refractivity contribution in [1.82, 2.24) is 14.9 Å². The lowest BCUT2D eigenvalue weighted by Gasteiger charge is -2.19. The van der Waals surface area contributed by atoms with Gasteiger partial charge in [-0.3, -0.25) is 4.90 Å². The fourth-order valence-corrected chi connectivity index (χ4v) is 4.36. The third-order valence-electron chi connectivity index (χ3n) is 5.94. The molecule has 5 rings (SSSR count). The van der Waals surface area contributed by atoms with Crippen LogP contribution in [0.15, 0.2) is 78.9 Å². The van der Waals surface area contributed by atoms with Gasteiger partial charge in [0.25, 0.3) is 0 Å². The summed E-state index contributed by atoms with van der Waals surface area (Å²) in [5.74, 6) is 0.641. The third kappa shape index (κ3) is 4.68. The van der Waals surface area contributed by atoms with Crippen molar-refractivity contribution in [3.8, 4) is 11.4 Å². The van der Waals surface area contributed by atoms with Crippen LogP contribution in [-0.2, 0) is 12.7 Å². The summed E-state index contributed by atoms with van der Waals surface area (Å²) >= 11 is 0. The zero-order valence-corrected chi connectivity index (χ0v) is 17.9. The summed E-state index contributed by atoms with van der Waals surface area (Å²) < 4.78 is 40.9. The molecule has 0 bridgehead atoms. The van der Waals surface area contributed by atoms with E-state index >= 15 is 0 Å². The molecule has 1 saturated heterocycles. The molecule has 4 aromatic rings. The van der Waals surface area contributed by atoms with E-state index in [0.717, 1.165) is 37.5 Å². The van der Waals surface area contributed by atoms with Gasteiger partial charge in [0.05, 0.1) is 11.1 Å². The average Bonchev–Trinajstić information content (AvgIpc) is 3.25. The first-order valence-electron chi connectivity index (χ1n) is 10.9. The van der Waals surface area contributed by atoms with Gasteiger partial charge in [0, 0.05) is 36.6 Å². The molecule has 3 aromatic carbocycles. The van der Waals surface area contributed by atoms with Crippen molar-refractivity contribution in [2.75, 3.05) is 18.4 Å². The molecule has 0 saturated carbocycles. The van der Waals surface area contributed by atoms with E-state index in [9.17, 15) is 13.2 Å². The second-order valence-corrected chi connectivity index (χ2v) is 8.31. The van der Waals surface area contributed by atoms with Crippen LogP contribution in [0.4, 0.5) is 19.0 Å². The largest absolute Gasteiger partial charge is 0.417 e.